The standard InChI is InChI=1S/C23H30N4OS.HI/c1-18(22-11-7-13-29-22)14-25-23(24-2)26-15-19-8-4-5-9-20(19)16-27(3)17-21-10-6-12-28-21;/h4-13,18H,14-17H2,1-3H3,(H2,24,25,26);1H. The summed E-state index contributed by atoms with van der Waals surface area (Å²) in [6.45, 7) is 5.47. The average molecular weight is 538 g/mol. The summed E-state index contributed by atoms with van der Waals surface area (Å²) in [6.07, 6.45) is 1.72. The molecular formula is C23H31IN4OS. The van der Waals surface area contributed by atoms with Crippen molar-refractivity contribution in [3.63, 3.8) is 0 Å². The molecule has 1 atom stereocenters. The summed E-state index contributed by atoms with van der Waals surface area (Å²) in [4.78, 5) is 8.02. The maximum atomic E-state index is 5.46. The Morgan fingerprint density at radius 1 is 1.07 bits per heavy atom. The van der Waals surface area contributed by atoms with Gasteiger partial charge in [-0.05, 0) is 41.8 Å². The maximum Gasteiger partial charge on any atom is 0.191 e. The molecule has 0 bridgehead atoms. The van der Waals surface area contributed by atoms with Crippen molar-refractivity contribution < 1.29 is 4.42 Å². The minimum absolute atomic E-state index is 0. The average Bonchev–Trinajstić information content (AvgIpc) is 3.43. The lowest BCUT2D eigenvalue weighted by molar-refractivity contribution is 0.287. The van der Waals surface area contributed by atoms with Crippen LogP contribution in [0.2, 0.25) is 0 Å². The second-order valence-electron chi connectivity index (χ2n) is 7.24. The number of furan rings is 1. The molecule has 0 saturated heterocycles. The van der Waals surface area contributed by atoms with Crippen molar-refractivity contribution in [3.05, 3.63) is 81.9 Å². The molecule has 5 nitrogen and oxygen atoms in total. The third-order valence-corrected chi connectivity index (χ3v) is 5.94. The first-order valence-corrected chi connectivity index (χ1v) is 10.8. The van der Waals surface area contributed by atoms with Crippen LogP contribution < -0.4 is 10.6 Å². The lowest BCUT2D eigenvalue weighted by atomic mass is 10.1. The summed E-state index contributed by atoms with van der Waals surface area (Å²) in [6, 6.07) is 16.8. The summed E-state index contributed by atoms with van der Waals surface area (Å²) in [5, 5.41) is 9.01. The number of halogens is 1. The predicted molar refractivity (Wildman–Crippen MR) is 137 cm³/mol. The fraction of sp³-hybridized carbons (Fsp3) is 0.348. The van der Waals surface area contributed by atoms with E-state index in [9.17, 15) is 0 Å². The number of rotatable bonds is 9. The van der Waals surface area contributed by atoms with Crippen molar-refractivity contribution in [2.24, 2.45) is 4.99 Å². The molecule has 1 aromatic carbocycles. The summed E-state index contributed by atoms with van der Waals surface area (Å²) in [7, 11) is 3.92. The van der Waals surface area contributed by atoms with Gasteiger partial charge in [0.25, 0.3) is 0 Å². The van der Waals surface area contributed by atoms with Crippen molar-refractivity contribution in [1.82, 2.24) is 15.5 Å². The van der Waals surface area contributed by atoms with Crippen LogP contribution in [0.1, 0.15) is 34.6 Å². The molecule has 3 rings (SSSR count). The van der Waals surface area contributed by atoms with Gasteiger partial charge in [-0.2, -0.15) is 0 Å². The van der Waals surface area contributed by atoms with E-state index < -0.39 is 0 Å². The van der Waals surface area contributed by atoms with Gasteiger partial charge in [-0.25, -0.2) is 0 Å². The molecule has 2 N–H and O–H groups in total. The van der Waals surface area contributed by atoms with E-state index in [2.05, 4.69) is 76.3 Å². The van der Waals surface area contributed by atoms with Crippen molar-refractivity contribution in [1.29, 1.82) is 0 Å². The first-order valence-electron chi connectivity index (χ1n) is 9.91. The van der Waals surface area contributed by atoms with E-state index in [1.54, 1.807) is 17.6 Å². The molecule has 0 aliphatic carbocycles. The lowest BCUT2D eigenvalue weighted by Gasteiger charge is -2.19. The summed E-state index contributed by atoms with van der Waals surface area (Å²) >= 11 is 1.80. The quantitative estimate of drug-likeness (QED) is 0.227. The molecule has 30 heavy (non-hydrogen) atoms. The molecular weight excluding hydrogens is 507 g/mol. The molecule has 0 spiro atoms. The molecule has 7 heteroatoms. The Labute approximate surface area is 200 Å². The van der Waals surface area contributed by atoms with Crippen LogP contribution in [0.4, 0.5) is 0 Å². The maximum absolute atomic E-state index is 5.46. The molecule has 0 amide bonds. The molecule has 0 radical (unpaired) electrons. The normalized spacial score (nSPS) is 12.5. The zero-order chi connectivity index (χ0) is 20.5. The van der Waals surface area contributed by atoms with Crippen LogP contribution in [0.25, 0.3) is 0 Å². The molecule has 162 valence electrons. The number of nitrogens with zero attached hydrogens (tertiary/aromatic N) is 2. The fourth-order valence-electron chi connectivity index (χ4n) is 3.22. The van der Waals surface area contributed by atoms with Crippen LogP contribution in [0.3, 0.4) is 0 Å². The van der Waals surface area contributed by atoms with Gasteiger partial charge in [0.1, 0.15) is 5.76 Å². The molecule has 0 aliphatic heterocycles. The van der Waals surface area contributed by atoms with Crippen molar-refractivity contribution in [3.8, 4) is 0 Å². The third-order valence-electron chi connectivity index (χ3n) is 4.84. The highest BCUT2D eigenvalue weighted by molar-refractivity contribution is 14.0. The number of hydrogen-bond donors (Lipinski definition) is 2. The summed E-state index contributed by atoms with van der Waals surface area (Å²) in [5.41, 5.74) is 2.57. The van der Waals surface area contributed by atoms with E-state index in [1.165, 1.54) is 16.0 Å². The largest absolute Gasteiger partial charge is 0.468 e. The summed E-state index contributed by atoms with van der Waals surface area (Å²) < 4.78 is 5.46. The van der Waals surface area contributed by atoms with Crippen molar-refractivity contribution >= 4 is 41.3 Å². The smallest absolute Gasteiger partial charge is 0.191 e. The van der Waals surface area contributed by atoms with Crippen LogP contribution in [0.15, 0.2) is 69.6 Å². The van der Waals surface area contributed by atoms with Gasteiger partial charge in [-0.1, -0.05) is 37.3 Å². The Hall–Kier alpha value is -1.84. The van der Waals surface area contributed by atoms with Crippen molar-refractivity contribution in [2.45, 2.75) is 32.5 Å². The van der Waals surface area contributed by atoms with Gasteiger partial charge in [0.2, 0.25) is 0 Å². The molecule has 2 aromatic heterocycles. The monoisotopic (exact) mass is 538 g/mol. The number of thiophene rings is 1. The molecule has 1 unspecified atom stereocenters. The molecule has 2 heterocycles. The van der Waals surface area contributed by atoms with Gasteiger partial charge in [0, 0.05) is 37.5 Å². The number of guanidine groups is 1. The van der Waals surface area contributed by atoms with Gasteiger partial charge in [-0.15, -0.1) is 35.3 Å². The predicted octanol–water partition coefficient (Wildman–Crippen LogP) is 5.06. The third kappa shape index (κ3) is 7.45. The Morgan fingerprint density at radius 2 is 1.87 bits per heavy atom. The number of hydrogen-bond acceptors (Lipinski definition) is 4. The highest BCUT2D eigenvalue weighted by Crippen LogP contribution is 2.19. The summed E-state index contributed by atoms with van der Waals surface area (Å²) in [5.74, 6) is 2.26. The van der Waals surface area contributed by atoms with Crippen LogP contribution in [0, 0.1) is 0 Å². The molecule has 3 aromatic rings. The number of nitrogens with one attached hydrogen (secondary N) is 2. The Kier molecular flexibility index (Phi) is 10.4. The van der Waals surface area contributed by atoms with Gasteiger partial charge in [0.15, 0.2) is 5.96 Å². The molecule has 0 aliphatic rings. The van der Waals surface area contributed by atoms with E-state index >= 15 is 0 Å². The lowest BCUT2D eigenvalue weighted by Crippen LogP contribution is -2.38. The highest BCUT2D eigenvalue weighted by atomic mass is 127. The van der Waals surface area contributed by atoms with E-state index in [-0.39, 0.29) is 24.0 Å². The molecule has 0 saturated carbocycles. The topological polar surface area (TPSA) is 52.8 Å². The Morgan fingerprint density at radius 3 is 2.53 bits per heavy atom. The van der Waals surface area contributed by atoms with Crippen LogP contribution >= 0.6 is 35.3 Å². The zero-order valence-electron chi connectivity index (χ0n) is 17.8. The van der Waals surface area contributed by atoms with E-state index in [4.69, 9.17) is 4.42 Å². The van der Waals surface area contributed by atoms with Gasteiger partial charge in [-0.3, -0.25) is 9.89 Å². The minimum Gasteiger partial charge on any atom is -0.468 e. The molecule has 0 fully saturated rings. The minimum atomic E-state index is 0. The van der Waals surface area contributed by atoms with Gasteiger partial charge < -0.3 is 15.1 Å². The highest BCUT2D eigenvalue weighted by Gasteiger charge is 2.10. The first-order chi connectivity index (χ1) is 14.2. The SMILES string of the molecule is CN=C(NCc1ccccc1CN(C)Cc1ccco1)NCC(C)c1cccs1.I. The van der Waals surface area contributed by atoms with E-state index in [0.29, 0.717) is 5.92 Å². The van der Waals surface area contributed by atoms with Crippen molar-refractivity contribution in [2.75, 3.05) is 20.6 Å². The van der Waals surface area contributed by atoms with Crippen LogP contribution in [-0.2, 0) is 19.6 Å². The van der Waals surface area contributed by atoms with Gasteiger partial charge >= 0.3 is 0 Å². The van der Waals surface area contributed by atoms with Crippen LogP contribution in [0.5, 0.6) is 0 Å². The Bertz CT molecular complexity index is 881. The van der Waals surface area contributed by atoms with Gasteiger partial charge in [0.05, 0.1) is 12.8 Å². The number of aliphatic imine (C=N–C) groups is 1. The van der Waals surface area contributed by atoms with E-state index in [1.807, 2.05) is 19.2 Å². The second kappa shape index (κ2) is 12.8. The Balaban J connectivity index is 0.00000320. The fourth-order valence-corrected chi connectivity index (χ4v) is 4.01. The first kappa shape index (κ1) is 24.4. The van der Waals surface area contributed by atoms with E-state index in [0.717, 1.165) is 37.9 Å². The van der Waals surface area contributed by atoms with Crippen LogP contribution in [-0.4, -0.2) is 31.5 Å². The zero-order valence-corrected chi connectivity index (χ0v) is 20.9. The number of benzene rings is 1. The second-order valence-corrected chi connectivity index (χ2v) is 8.22.